The van der Waals surface area contributed by atoms with Gasteiger partial charge in [0.2, 0.25) is 0 Å². The SMILES string of the molecule is COc1cccc(NC(=O)COc2ccc(Br)c(F)c2)c1. The molecule has 2 rings (SSSR count). The maximum absolute atomic E-state index is 13.3. The fraction of sp³-hybridized carbons (Fsp3) is 0.133. The lowest BCUT2D eigenvalue weighted by Crippen LogP contribution is -2.20. The fourth-order valence-corrected chi connectivity index (χ4v) is 1.86. The number of nitrogens with one attached hydrogen (secondary N) is 1. The molecule has 0 aliphatic carbocycles. The predicted molar refractivity (Wildman–Crippen MR) is 81.2 cm³/mol. The van der Waals surface area contributed by atoms with E-state index < -0.39 is 5.82 Å². The summed E-state index contributed by atoms with van der Waals surface area (Å²) in [4.78, 5) is 11.8. The van der Waals surface area contributed by atoms with E-state index in [9.17, 15) is 9.18 Å². The third-order valence-corrected chi connectivity index (χ3v) is 3.26. The lowest BCUT2D eigenvalue weighted by molar-refractivity contribution is -0.118. The average Bonchev–Trinajstić information content (AvgIpc) is 2.48. The topological polar surface area (TPSA) is 47.6 Å². The van der Waals surface area contributed by atoms with Crippen LogP contribution in [0.25, 0.3) is 0 Å². The summed E-state index contributed by atoms with van der Waals surface area (Å²) in [7, 11) is 1.55. The minimum absolute atomic E-state index is 0.210. The monoisotopic (exact) mass is 353 g/mol. The Morgan fingerprint density at radius 3 is 2.76 bits per heavy atom. The number of ether oxygens (including phenoxy) is 2. The van der Waals surface area contributed by atoms with Gasteiger partial charge in [0.05, 0.1) is 11.6 Å². The summed E-state index contributed by atoms with van der Waals surface area (Å²) in [6.07, 6.45) is 0. The first kappa shape index (κ1) is 15.3. The van der Waals surface area contributed by atoms with Gasteiger partial charge >= 0.3 is 0 Å². The molecule has 0 fully saturated rings. The molecule has 0 aromatic heterocycles. The summed E-state index contributed by atoms with van der Waals surface area (Å²) in [6, 6.07) is 11.3. The molecule has 6 heteroatoms. The predicted octanol–water partition coefficient (Wildman–Crippen LogP) is 3.61. The molecule has 0 spiro atoms. The van der Waals surface area contributed by atoms with Crippen molar-refractivity contribution in [3.63, 3.8) is 0 Å². The Kier molecular flexibility index (Phi) is 5.16. The molecule has 1 amide bonds. The Balaban J connectivity index is 1.90. The zero-order valence-electron chi connectivity index (χ0n) is 11.2. The molecule has 0 saturated carbocycles. The lowest BCUT2D eigenvalue weighted by atomic mass is 10.3. The molecule has 0 aliphatic rings. The summed E-state index contributed by atoms with van der Waals surface area (Å²) >= 11 is 3.05. The second kappa shape index (κ2) is 7.08. The number of benzene rings is 2. The van der Waals surface area contributed by atoms with Crippen LogP contribution in [0.3, 0.4) is 0 Å². The van der Waals surface area contributed by atoms with Crippen LogP contribution in [0.1, 0.15) is 0 Å². The van der Waals surface area contributed by atoms with E-state index in [4.69, 9.17) is 9.47 Å². The van der Waals surface area contributed by atoms with Crippen LogP contribution in [-0.2, 0) is 4.79 Å². The smallest absolute Gasteiger partial charge is 0.262 e. The number of anilines is 1. The van der Waals surface area contributed by atoms with Crippen molar-refractivity contribution < 1.29 is 18.7 Å². The molecule has 0 radical (unpaired) electrons. The summed E-state index contributed by atoms with van der Waals surface area (Å²) in [5.74, 6) is 0.146. The highest BCUT2D eigenvalue weighted by atomic mass is 79.9. The quantitative estimate of drug-likeness (QED) is 0.892. The van der Waals surface area contributed by atoms with Gasteiger partial charge in [0.1, 0.15) is 17.3 Å². The number of carbonyl (C=O) groups is 1. The highest BCUT2D eigenvalue weighted by Gasteiger charge is 2.06. The van der Waals surface area contributed by atoms with Gasteiger partial charge in [0.15, 0.2) is 6.61 Å². The molecule has 110 valence electrons. The highest BCUT2D eigenvalue weighted by Crippen LogP contribution is 2.21. The number of hydrogen-bond donors (Lipinski definition) is 1. The van der Waals surface area contributed by atoms with Crippen LogP contribution >= 0.6 is 15.9 Å². The first-order valence-electron chi connectivity index (χ1n) is 6.10. The molecular weight excluding hydrogens is 341 g/mol. The van der Waals surface area contributed by atoms with E-state index in [1.807, 2.05) is 0 Å². The molecular formula is C15H13BrFNO3. The minimum atomic E-state index is -0.444. The molecule has 0 unspecified atom stereocenters. The molecule has 0 saturated heterocycles. The molecule has 0 aliphatic heterocycles. The zero-order chi connectivity index (χ0) is 15.2. The van der Waals surface area contributed by atoms with Gasteiger partial charge in [-0.15, -0.1) is 0 Å². The van der Waals surface area contributed by atoms with Crippen molar-refractivity contribution >= 4 is 27.5 Å². The van der Waals surface area contributed by atoms with Crippen molar-refractivity contribution in [2.75, 3.05) is 19.0 Å². The fourth-order valence-electron chi connectivity index (χ4n) is 1.61. The van der Waals surface area contributed by atoms with Crippen molar-refractivity contribution in [3.8, 4) is 11.5 Å². The Hall–Kier alpha value is -2.08. The molecule has 21 heavy (non-hydrogen) atoms. The summed E-state index contributed by atoms with van der Waals surface area (Å²) in [6.45, 7) is -0.210. The van der Waals surface area contributed by atoms with Crippen molar-refractivity contribution in [2.45, 2.75) is 0 Å². The largest absolute Gasteiger partial charge is 0.497 e. The van der Waals surface area contributed by atoms with E-state index in [0.717, 1.165) is 0 Å². The van der Waals surface area contributed by atoms with Gasteiger partial charge in [-0.05, 0) is 40.2 Å². The van der Waals surface area contributed by atoms with Crippen molar-refractivity contribution in [3.05, 3.63) is 52.8 Å². The second-order valence-corrected chi connectivity index (χ2v) is 5.00. The lowest BCUT2D eigenvalue weighted by Gasteiger charge is -2.09. The van der Waals surface area contributed by atoms with E-state index in [1.54, 1.807) is 37.4 Å². The Labute approximate surface area is 130 Å². The van der Waals surface area contributed by atoms with Gasteiger partial charge in [0, 0.05) is 17.8 Å². The van der Waals surface area contributed by atoms with Crippen molar-refractivity contribution in [2.24, 2.45) is 0 Å². The maximum atomic E-state index is 13.3. The van der Waals surface area contributed by atoms with Gasteiger partial charge in [-0.3, -0.25) is 4.79 Å². The first-order chi connectivity index (χ1) is 10.1. The van der Waals surface area contributed by atoms with Gasteiger partial charge in [-0.1, -0.05) is 6.07 Å². The van der Waals surface area contributed by atoms with Crippen molar-refractivity contribution in [1.29, 1.82) is 0 Å². The summed E-state index contributed by atoms with van der Waals surface area (Å²) in [5, 5.41) is 2.67. The molecule has 2 aromatic carbocycles. The number of carbonyl (C=O) groups excluding carboxylic acids is 1. The number of rotatable bonds is 5. The van der Waals surface area contributed by atoms with E-state index in [2.05, 4.69) is 21.2 Å². The summed E-state index contributed by atoms with van der Waals surface area (Å²) < 4.78 is 23.9. The number of hydrogen-bond acceptors (Lipinski definition) is 3. The van der Waals surface area contributed by atoms with Gasteiger partial charge < -0.3 is 14.8 Å². The van der Waals surface area contributed by atoms with Crippen LogP contribution in [0, 0.1) is 5.82 Å². The van der Waals surface area contributed by atoms with Crippen LogP contribution in [0.2, 0.25) is 0 Å². The number of methoxy groups -OCH3 is 1. The number of halogens is 2. The van der Waals surface area contributed by atoms with E-state index >= 15 is 0 Å². The van der Waals surface area contributed by atoms with Crippen LogP contribution in [0.4, 0.5) is 10.1 Å². The third-order valence-electron chi connectivity index (χ3n) is 2.61. The van der Waals surface area contributed by atoms with Crippen LogP contribution in [-0.4, -0.2) is 19.6 Å². The minimum Gasteiger partial charge on any atom is -0.497 e. The molecule has 2 aromatic rings. The summed E-state index contributed by atoms with van der Waals surface area (Å²) in [5.41, 5.74) is 0.602. The average molecular weight is 354 g/mol. The van der Waals surface area contributed by atoms with Gasteiger partial charge in [-0.25, -0.2) is 4.39 Å². The third kappa shape index (κ3) is 4.46. The van der Waals surface area contributed by atoms with Gasteiger partial charge in [0.25, 0.3) is 5.91 Å². The van der Waals surface area contributed by atoms with E-state index in [0.29, 0.717) is 15.9 Å². The van der Waals surface area contributed by atoms with E-state index in [1.165, 1.54) is 12.1 Å². The normalized spacial score (nSPS) is 10.0. The Morgan fingerprint density at radius 1 is 1.24 bits per heavy atom. The Morgan fingerprint density at radius 2 is 2.05 bits per heavy atom. The maximum Gasteiger partial charge on any atom is 0.262 e. The highest BCUT2D eigenvalue weighted by molar-refractivity contribution is 9.10. The molecule has 0 heterocycles. The second-order valence-electron chi connectivity index (χ2n) is 4.14. The Bertz CT molecular complexity index is 649. The van der Waals surface area contributed by atoms with Gasteiger partial charge in [-0.2, -0.15) is 0 Å². The van der Waals surface area contributed by atoms with Crippen LogP contribution < -0.4 is 14.8 Å². The molecule has 0 atom stereocenters. The molecule has 1 N–H and O–H groups in total. The number of amides is 1. The van der Waals surface area contributed by atoms with Crippen molar-refractivity contribution in [1.82, 2.24) is 0 Å². The first-order valence-corrected chi connectivity index (χ1v) is 6.89. The van der Waals surface area contributed by atoms with Crippen LogP contribution in [0.5, 0.6) is 11.5 Å². The van der Waals surface area contributed by atoms with E-state index in [-0.39, 0.29) is 18.3 Å². The van der Waals surface area contributed by atoms with Crippen LogP contribution in [0.15, 0.2) is 46.9 Å². The standard InChI is InChI=1S/C15H13BrFNO3/c1-20-11-4-2-3-10(7-11)18-15(19)9-21-12-5-6-13(16)14(17)8-12/h2-8H,9H2,1H3,(H,18,19). The molecule has 0 bridgehead atoms. The zero-order valence-corrected chi connectivity index (χ0v) is 12.8. The molecule has 4 nitrogen and oxygen atoms in total.